The van der Waals surface area contributed by atoms with E-state index in [0.717, 1.165) is 22.9 Å². The summed E-state index contributed by atoms with van der Waals surface area (Å²) in [6.45, 7) is 1.48. The van der Waals surface area contributed by atoms with Crippen molar-refractivity contribution in [3.8, 4) is 10.8 Å². The van der Waals surface area contributed by atoms with Crippen molar-refractivity contribution < 1.29 is 9.21 Å². The maximum absolute atomic E-state index is 12.9. The summed E-state index contributed by atoms with van der Waals surface area (Å²) in [5.74, 6) is 0.675. The van der Waals surface area contributed by atoms with Crippen LogP contribution in [0.2, 0.25) is 0 Å². The second kappa shape index (κ2) is 5.55. The van der Waals surface area contributed by atoms with Gasteiger partial charge in [0.25, 0.3) is 5.91 Å². The first-order chi connectivity index (χ1) is 11.2. The highest BCUT2D eigenvalue weighted by atomic mass is 32.1. The van der Waals surface area contributed by atoms with Crippen molar-refractivity contribution in [2.75, 3.05) is 29.9 Å². The second-order valence-electron chi connectivity index (χ2n) is 5.37. The van der Waals surface area contributed by atoms with E-state index in [1.54, 1.807) is 12.5 Å². The zero-order valence-corrected chi connectivity index (χ0v) is 13.4. The molecule has 0 unspecified atom stereocenters. The van der Waals surface area contributed by atoms with Crippen molar-refractivity contribution in [1.82, 2.24) is 4.98 Å². The van der Waals surface area contributed by atoms with E-state index in [4.69, 9.17) is 4.42 Å². The highest BCUT2D eigenvalue weighted by molar-refractivity contribution is 7.17. The first kappa shape index (κ1) is 14.0. The summed E-state index contributed by atoms with van der Waals surface area (Å²) in [5.41, 5.74) is 2.02. The molecule has 5 nitrogen and oxygen atoms in total. The summed E-state index contributed by atoms with van der Waals surface area (Å²) in [7, 11) is 2.04. The topological polar surface area (TPSA) is 49.6 Å². The van der Waals surface area contributed by atoms with E-state index in [0.29, 0.717) is 17.2 Å². The van der Waals surface area contributed by atoms with Crippen LogP contribution in [-0.4, -0.2) is 31.0 Å². The smallest absolute Gasteiger partial charge is 0.270 e. The lowest BCUT2D eigenvalue weighted by atomic mass is 10.1. The number of carbonyl (C=O) groups is 1. The van der Waals surface area contributed by atoms with Gasteiger partial charge in [0, 0.05) is 20.1 Å². The molecule has 0 atom stereocenters. The molecule has 0 radical (unpaired) electrons. The number of amides is 1. The lowest BCUT2D eigenvalue weighted by Crippen LogP contribution is -2.42. The van der Waals surface area contributed by atoms with Gasteiger partial charge in [-0.2, -0.15) is 0 Å². The Balaban J connectivity index is 1.67. The number of carbonyl (C=O) groups excluding carboxylic acids is 1. The van der Waals surface area contributed by atoms with Gasteiger partial charge in [-0.3, -0.25) is 4.79 Å². The largest absolute Gasteiger partial charge is 0.462 e. The van der Waals surface area contributed by atoms with Gasteiger partial charge in [-0.25, -0.2) is 4.98 Å². The van der Waals surface area contributed by atoms with Crippen molar-refractivity contribution in [1.29, 1.82) is 0 Å². The quantitative estimate of drug-likeness (QED) is 0.723. The minimum absolute atomic E-state index is 0.0131. The Labute approximate surface area is 137 Å². The predicted octanol–water partition coefficient (Wildman–Crippen LogP) is 3.50. The van der Waals surface area contributed by atoms with Gasteiger partial charge in [0.15, 0.2) is 10.8 Å². The standard InChI is InChI=1S/C17H15N3O2S/c1-19-8-9-20(13-6-3-2-5-12(13)19)17(21)15-11-18-16(23-15)14-7-4-10-22-14/h2-7,10-11H,8-9H2,1H3. The van der Waals surface area contributed by atoms with Gasteiger partial charge in [0.2, 0.25) is 0 Å². The van der Waals surface area contributed by atoms with Crippen LogP contribution < -0.4 is 9.80 Å². The molecule has 3 aromatic rings. The van der Waals surface area contributed by atoms with E-state index >= 15 is 0 Å². The second-order valence-corrected chi connectivity index (χ2v) is 6.40. The number of thiazole rings is 1. The fourth-order valence-electron chi connectivity index (χ4n) is 2.74. The van der Waals surface area contributed by atoms with Gasteiger partial charge >= 0.3 is 0 Å². The van der Waals surface area contributed by atoms with Crippen molar-refractivity contribution >= 4 is 28.6 Å². The molecule has 1 aliphatic rings. The zero-order chi connectivity index (χ0) is 15.8. The Bertz CT molecular complexity index is 841. The van der Waals surface area contributed by atoms with Crippen molar-refractivity contribution in [2.24, 2.45) is 0 Å². The van der Waals surface area contributed by atoms with Crippen LogP contribution in [0.15, 0.2) is 53.3 Å². The van der Waals surface area contributed by atoms with Gasteiger partial charge in [-0.1, -0.05) is 12.1 Å². The van der Waals surface area contributed by atoms with Crippen molar-refractivity contribution in [3.05, 3.63) is 53.7 Å². The minimum atomic E-state index is -0.0131. The molecule has 0 N–H and O–H groups in total. The minimum Gasteiger partial charge on any atom is -0.462 e. The Morgan fingerprint density at radius 2 is 2.00 bits per heavy atom. The number of likely N-dealkylation sites (N-methyl/N-ethyl adjacent to an activating group) is 1. The highest BCUT2D eigenvalue weighted by Gasteiger charge is 2.27. The molecule has 1 aromatic carbocycles. The molecule has 4 rings (SSSR count). The van der Waals surface area contributed by atoms with Crippen molar-refractivity contribution in [3.63, 3.8) is 0 Å². The number of hydrogen-bond donors (Lipinski definition) is 0. The summed E-state index contributed by atoms with van der Waals surface area (Å²) in [4.78, 5) is 21.8. The number of hydrogen-bond acceptors (Lipinski definition) is 5. The maximum Gasteiger partial charge on any atom is 0.270 e. The molecule has 6 heteroatoms. The van der Waals surface area contributed by atoms with Crippen LogP contribution in [-0.2, 0) is 0 Å². The number of furan rings is 1. The molecule has 3 heterocycles. The van der Waals surface area contributed by atoms with E-state index in [-0.39, 0.29) is 5.91 Å². The molecule has 0 spiro atoms. The van der Waals surface area contributed by atoms with E-state index in [1.165, 1.54) is 11.3 Å². The molecule has 116 valence electrons. The zero-order valence-electron chi connectivity index (χ0n) is 12.6. The molecule has 1 aliphatic heterocycles. The van der Waals surface area contributed by atoms with Crippen LogP contribution in [0.4, 0.5) is 11.4 Å². The Kier molecular flexibility index (Phi) is 3.38. The van der Waals surface area contributed by atoms with E-state index in [9.17, 15) is 4.79 Å². The average molecular weight is 325 g/mol. The number of nitrogens with zero attached hydrogens (tertiary/aromatic N) is 3. The molecular formula is C17H15N3O2S. The van der Waals surface area contributed by atoms with Crippen LogP contribution >= 0.6 is 11.3 Å². The lowest BCUT2D eigenvalue weighted by molar-refractivity contribution is 0.0990. The number of aromatic nitrogens is 1. The summed E-state index contributed by atoms with van der Waals surface area (Å²) in [6, 6.07) is 11.6. The molecule has 0 fully saturated rings. The summed E-state index contributed by atoms with van der Waals surface area (Å²) in [5, 5.41) is 0.723. The first-order valence-electron chi connectivity index (χ1n) is 7.36. The Morgan fingerprint density at radius 3 is 2.78 bits per heavy atom. The number of fused-ring (bicyclic) bond motifs is 1. The lowest BCUT2D eigenvalue weighted by Gasteiger charge is -2.35. The number of para-hydroxylation sites is 2. The van der Waals surface area contributed by atoms with Crippen LogP contribution in [0.5, 0.6) is 0 Å². The average Bonchev–Trinajstić information content (AvgIpc) is 3.26. The molecule has 1 amide bonds. The van der Waals surface area contributed by atoms with E-state index in [1.807, 2.05) is 48.3 Å². The normalized spacial score (nSPS) is 14.0. The summed E-state index contributed by atoms with van der Waals surface area (Å²) < 4.78 is 5.34. The van der Waals surface area contributed by atoms with Crippen LogP contribution in [0, 0.1) is 0 Å². The van der Waals surface area contributed by atoms with Gasteiger partial charge in [0.05, 0.1) is 23.8 Å². The fraction of sp³-hybridized carbons (Fsp3) is 0.176. The summed E-state index contributed by atoms with van der Waals surface area (Å²) in [6.07, 6.45) is 3.24. The van der Waals surface area contributed by atoms with E-state index in [2.05, 4.69) is 9.88 Å². The maximum atomic E-state index is 12.9. The monoisotopic (exact) mass is 325 g/mol. The Morgan fingerprint density at radius 1 is 1.17 bits per heavy atom. The molecule has 0 saturated heterocycles. The molecular weight excluding hydrogens is 310 g/mol. The van der Waals surface area contributed by atoms with Gasteiger partial charge in [-0.15, -0.1) is 11.3 Å². The number of anilines is 2. The third-order valence-electron chi connectivity index (χ3n) is 3.94. The SMILES string of the molecule is CN1CCN(C(=O)c2cnc(-c3ccco3)s2)c2ccccc21. The third kappa shape index (κ3) is 2.41. The molecule has 0 bridgehead atoms. The molecule has 2 aromatic heterocycles. The summed E-state index contributed by atoms with van der Waals surface area (Å²) >= 11 is 1.36. The van der Waals surface area contributed by atoms with Gasteiger partial charge < -0.3 is 14.2 Å². The number of benzene rings is 1. The number of rotatable bonds is 2. The highest BCUT2D eigenvalue weighted by Crippen LogP contribution is 2.34. The molecule has 0 saturated carbocycles. The van der Waals surface area contributed by atoms with Gasteiger partial charge in [0.1, 0.15) is 4.88 Å². The predicted molar refractivity (Wildman–Crippen MR) is 91.2 cm³/mol. The fourth-order valence-corrected chi connectivity index (χ4v) is 3.57. The van der Waals surface area contributed by atoms with E-state index < -0.39 is 0 Å². The molecule has 0 aliphatic carbocycles. The third-order valence-corrected chi connectivity index (χ3v) is 4.94. The van der Waals surface area contributed by atoms with Crippen LogP contribution in [0.25, 0.3) is 10.8 Å². The molecule has 23 heavy (non-hydrogen) atoms. The van der Waals surface area contributed by atoms with Gasteiger partial charge in [-0.05, 0) is 24.3 Å². The van der Waals surface area contributed by atoms with Crippen LogP contribution in [0.3, 0.4) is 0 Å². The Hall–Kier alpha value is -2.60. The van der Waals surface area contributed by atoms with Crippen molar-refractivity contribution in [2.45, 2.75) is 0 Å². The van der Waals surface area contributed by atoms with Crippen LogP contribution in [0.1, 0.15) is 9.67 Å². The first-order valence-corrected chi connectivity index (χ1v) is 8.17.